The molecule has 1 radical (unpaired) electrons. The maximum atomic E-state index is 9.81. The summed E-state index contributed by atoms with van der Waals surface area (Å²) in [6.07, 6.45) is 0.0301. The molecular weight excluding hydrogens is 80.0 g/mol. The largest absolute Gasteiger partial charge is 0.234 e. The van der Waals surface area contributed by atoms with Crippen molar-refractivity contribution in [3.63, 3.8) is 0 Å². The maximum absolute atomic E-state index is 9.81. The summed E-state index contributed by atoms with van der Waals surface area (Å²) in [5.41, 5.74) is 0. The van der Waals surface area contributed by atoms with Crippen molar-refractivity contribution >= 4 is 5.94 Å². The van der Waals surface area contributed by atoms with Gasteiger partial charge in [-0.1, -0.05) is 0 Å². The molecule has 0 spiro atoms. The predicted octanol–water partition coefficient (Wildman–Crippen LogP) is 0.193. The van der Waals surface area contributed by atoms with Gasteiger partial charge >= 0.3 is 0 Å². The Hall–Kier alpha value is -0.590. The Kier molecular flexibility index (Phi) is 2.38. The second-order valence-corrected chi connectivity index (χ2v) is 0.990. The summed E-state index contributed by atoms with van der Waals surface area (Å²) in [5, 5.41) is 9.81. The van der Waals surface area contributed by atoms with E-state index in [4.69, 9.17) is 0 Å². The van der Waals surface area contributed by atoms with Gasteiger partial charge in [-0.25, -0.2) is 9.90 Å². The van der Waals surface area contributed by atoms with Crippen LogP contribution in [0.15, 0.2) is 6.08 Å². The SMILES string of the molecule is CC([O])C=C=O. The van der Waals surface area contributed by atoms with Crippen LogP contribution in [0, 0.1) is 0 Å². The van der Waals surface area contributed by atoms with E-state index in [9.17, 15) is 9.90 Å². The zero-order valence-corrected chi connectivity index (χ0v) is 3.47. The van der Waals surface area contributed by atoms with Crippen LogP contribution in [0.2, 0.25) is 0 Å². The quantitative estimate of drug-likeness (QED) is 0.419. The second kappa shape index (κ2) is 2.64. The van der Waals surface area contributed by atoms with Crippen molar-refractivity contribution in [1.29, 1.82) is 0 Å². The number of rotatable bonds is 1. The van der Waals surface area contributed by atoms with Crippen LogP contribution in [-0.4, -0.2) is 12.0 Å². The maximum Gasteiger partial charge on any atom is 0.122 e. The third kappa shape index (κ3) is 3.41. The lowest BCUT2D eigenvalue weighted by Gasteiger charge is -1.77. The first-order valence-corrected chi connectivity index (χ1v) is 1.64. The van der Waals surface area contributed by atoms with Crippen molar-refractivity contribution in [1.82, 2.24) is 0 Å². The van der Waals surface area contributed by atoms with Crippen molar-refractivity contribution in [2.24, 2.45) is 0 Å². The van der Waals surface area contributed by atoms with Crippen molar-refractivity contribution in [2.45, 2.75) is 13.0 Å². The number of hydrogen-bond donors (Lipinski definition) is 0. The summed E-state index contributed by atoms with van der Waals surface area (Å²) >= 11 is 0. The highest BCUT2D eigenvalue weighted by molar-refractivity contribution is 5.45. The molecule has 0 saturated heterocycles. The highest BCUT2D eigenvalue weighted by atomic mass is 16.3. The first-order chi connectivity index (χ1) is 2.77. The van der Waals surface area contributed by atoms with Crippen LogP contribution in [0.3, 0.4) is 0 Å². The molecule has 0 aromatic carbocycles. The topological polar surface area (TPSA) is 37.0 Å². The molecule has 0 N–H and O–H groups in total. The van der Waals surface area contributed by atoms with Crippen molar-refractivity contribution in [3.8, 4) is 0 Å². The highest BCUT2D eigenvalue weighted by Crippen LogP contribution is 1.74. The summed E-state index contributed by atoms with van der Waals surface area (Å²) in [6.45, 7) is 1.38. The molecule has 1 atom stereocenters. The summed E-state index contributed by atoms with van der Waals surface area (Å²) in [4.78, 5) is 9.23. The minimum absolute atomic E-state index is 0.900. The first kappa shape index (κ1) is 5.41. The van der Waals surface area contributed by atoms with Crippen molar-refractivity contribution < 1.29 is 9.90 Å². The highest BCUT2D eigenvalue weighted by Gasteiger charge is 1.83. The van der Waals surface area contributed by atoms with Crippen LogP contribution in [0.4, 0.5) is 0 Å². The lowest BCUT2D eigenvalue weighted by molar-refractivity contribution is 0.147. The third-order valence-electron chi connectivity index (χ3n) is 0.303. The second-order valence-electron chi connectivity index (χ2n) is 0.990. The predicted molar refractivity (Wildman–Crippen MR) is 20.4 cm³/mol. The molecule has 0 amide bonds. The zero-order valence-electron chi connectivity index (χ0n) is 3.47. The Morgan fingerprint density at radius 2 is 2.33 bits per heavy atom. The molecule has 2 heteroatoms. The van der Waals surface area contributed by atoms with Crippen LogP contribution < -0.4 is 0 Å². The van der Waals surface area contributed by atoms with E-state index in [1.165, 1.54) is 12.9 Å². The van der Waals surface area contributed by atoms with Gasteiger partial charge in [0.1, 0.15) is 12.0 Å². The normalized spacial score (nSPS) is 12.3. The van der Waals surface area contributed by atoms with Crippen LogP contribution in [0.25, 0.3) is 0 Å². The molecule has 0 aromatic heterocycles. The van der Waals surface area contributed by atoms with Gasteiger partial charge in [0.15, 0.2) is 0 Å². The van der Waals surface area contributed by atoms with Gasteiger partial charge in [-0.05, 0) is 6.92 Å². The standard InChI is InChI=1S/C4H5O2/c1-4(6)2-3-5/h2,4H,1H3. The zero-order chi connectivity index (χ0) is 4.99. The van der Waals surface area contributed by atoms with Gasteiger partial charge in [-0.2, -0.15) is 0 Å². The van der Waals surface area contributed by atoms with Gasteiger partial charge in [-0.15, -0.1) is 0 Å². The molecule has 2 nitrogen and oxygen atoms in total. The number of carbonyl (C=O) groups excluding carboxylic acids is 1. The summed E-state index contributed by atoms with van der Waals surface area (Å²) < 4.78 is 0. The summed E-state index contributed by atoms with van der Waals surface area (Å²) in [6, 6.07) is 0. The van der Waals surface area contributed by atoms with E-state index in [0.29, 0.717) is 0 Å². The minimum atomic E-state index is -0.900. The monoisotopic (exact) mass is 85.0 g/mol. The van der Waals surface area contributed by atoms with E-state index in [1.807, 2.05) is 0 Å². The van der Waals surface area contributed by atoms with Gasteiger partial charge in [0, 0.05) is 6.08 Å². The van der Waals surface area contributed by atoms with Crippen LogP contribution in [0.1, 0.15) is 6.92 Å². The first-order valence-electron chi connectivity index (χ1n) is 1.64. The molecule has 6 heavy (non-hydrogen) atoms. The molecule has 0 rings (SSSR count). The summed E-state index contributed by atoms with van der Waals surface area (Å²) in [5.74, 6) is 1.38. The molecule has 0 saturated carbocycles. The van der Waals surface area contributed by atoms with E-state index < -0.39 is 6.10 Å². The Morgan fingerprint density at radius 1 is 1.83 bits per heavy atom. The van der Waals surface area contributed by atoms with E-state index in [0.717, 1.165) is 6.08 Å². The van der Waals surface area contributed by atoms with E-state index >= 15 is 0 Å². The van der Waals surface area contributed by atoms with E-state index in [-0.39, 0.29) is 0 Å². The molecular formula is C4H5O2. The van der Waals surface area contributed by atoms with Gasteiger partial charge in [-0.3, -0.25) is 0 Å². The third-order valence-corrected chi connectivity index (χ3v) is 0.303. The lowest BCUT2D eigenvalue weighted by Crippen LogP contribution is -1.87. The molecule has 0 aliphatic heterocycles. The fourth-order valence-electron chi connectivity index (χ4n) is 0.0958. The number of hydrogen-bond acceptors (Lipinski definition) is 1. The Labute approximate surface area is 36.1 Å². The smallest absolute Gasteiger partial charge is 0.122 e. The van der Waals surface area contributed by atoms with Crippen LogP contribution >= 0.6 is 0 Å². The molecule has 0 heterocycles. The average molecular weight is 85.1 g/mol. The fraction of sp³-hybridized carbons (Fsp3) is 0.500. The molecule has 0 aliphatic carbocycles. The van der Waals surface area contributed by atoms with Crippen molar-refractivity contribution in [2.75, 3.05) is 0 Å². The van der Waals surface area contributed by atoms with E-state index in [2.05, 4.69) is 0 Å². The molecule has 0 fully saturated rings. The molecule has 0 bridgehead atoms. The van der Waals surface area contributed by atoms with Crippen LogP contribution in [0.5, 0.6) is 0 Å². The Bertz CT molecular complexity index is 69.6. The van der Waals surface area contributed by atoms with Crippen molar-refractivity contribution in [3.05, 3.63) is 6.08 Å². The molecule has 0 aliphatic rings. The Morgan fingerprint density at radius 3 is 2.33 bits per heavy atom. The van der Waals surface area contributed by atoms with E-state index in [1.54, 1.807) is 0 Å². The fourth-order valence-corrected chi connectivity index (χ4v) is 0.0958. The van der Waals surface area contributed by atoms with Gasteiger partial charge in [0.25, 0.3) is 0 Å². The molecule has 0 aromatic rings. The summed E-state index contributed by atoms with van der Waals surface area (Å²) in [7, 11) is 0. The van der Waals surface area contributed by atoms with Gasteiger partial charge in [0.05, 0.1) is 0 Å². The molecule has 33 valence electrons. The minimum Gasteiger partial charge on any atom is -0.234 e. The average Bonchev–Trinajstić information content (AvgIpc) is 1.35. The molecule has 1 unspecified atom stereocenters. The Balaban J connectivity index is 3.29. The van der Waals surface area contributed by atoms with Gasteiger partial charge < -0.3 is 0 Å². The lowest BCUT2D eigenvalue weighted by atomic mass is 10.4. The van der Waals surface area contributed by atoms with Gasteiger partial charge in [0.2, 0.25) is 0 Å². The van der Waals surface area contributed by atoms with Crippen LogP contribution in [-0.2, 0) is 9.90 Å².